The normalized spacial score (nSPS) is 53.0. The predicted octanol–water partition coefficient (Wildman–Crippen LogP) is 1.10. The zero-order valence-electron chi connectivity index (χ0n) is 9.62. The molecule has 0 amide bonds. The summed E-state index contributed by atoms with van der Waals surface area (Å²) in [6.45, 7) is 2.37. The first-order valence-corrected chi connectivity index (χ1v) is 6.43. The van der Waals surface area contributed by atoms with Crippen molar-refractivity contribution in [1.29, 1.82) is 0 Å². The molecular formula is C11H19BN2S. The van der Waals surface area contributed by atoms with E-state index in [0.29, 0.717) is 17.3 Å². The molecule has 2 heterocycles. The highest BCUT2D eigenvalue weighted by molar-refractivity contribution is 7.80. The maximum atomic E-state index is 6.58. The molecule has 0 radical (unpaired) electrons. The molecule has 0 spiro atoms. The summed E-state index contributed by atoms with van der Waals surface area (Å²) in [5.74, 6) is 0.688. The van der Waals surface area contributed by atoms with Gasteiger partial charge < -0.3 is 10.6 Å². The molecule has 3 fully saturated rings. The number of hydrogen-bond donors (Lipinski definition) is 1. The Morgan fingerprint density at radius 3 is 3.00 bits per heavy atom. The third-order valence-corrected chi connectivity index (χ3v) is 5.85. The summed E-state index contributed by atoms with van der Waals surface area (Å²) in [5.41, 5.74) is 6.72. The molecule has 0 bridgehead atoms. The van der Waals surface area contributed by atoms with Crippen LogP contribution in [-0.2, 0) is 0 Å². The van der Waals surface area contributed by atoms with Gasteiger partial charge in [0.05, 0.1) is 4.99 Å². The highest BCUT2D eigenvalue weighted by Crippen LogP contribution is 2.65. The Kier molecular flexibility index (Phi) is 1.87. The molecule has 4 atom stereocenters. The van der Waals surface area contributed by atoms with Crippen LogP contribution >= 0.6 is 12.2 Å². The standard InChI is InChI=1S/C11H19BN2S/c1-10-6-5-8-7(11(10,13)12-10)3-4-9(15)14(8)2/h7-8,12H,3-6,13H2,1-2H3. The largest absolute Gasteiger partial charge is 0.366 e. The van der Waals surface area contributed by atoms with E-state index in [9.17, 15) is 0 Å². The van der Waals surface area contributed by atoms with Crippen molar-refractivity contribution in [3.05, 3.63) is 0 Å². The number of thiocarbonyl (C=S) groups is 1. The van der Waals surface area contributed by atoms with Crippen molar-refractivity contribution in [1.82, 2.24) is 4.90 Å². The van der Waals surface area contributed by atoms with Crippen molar-refractivity contribution in [3.8, 4) is 0 Å². The smallest absolute Gasteiger partial charge is 0.154 e. The van der Waals surface area contributed by atoms with Crippen LogP contribution in [0.5, 0.6) is 0 Å². The van der Waals surface area contributed by atoms with E-state index in [4.69, 9.17) is 18.0 Å². The first-order valence-electron chi connectivity index (χ1n) is 6.02. The van der Waals surface area contributed by atoms with Crippen LogP contribution < -0.4 is 5.73 Å². The average Bonchev–Trinajstić information content (AvgIpc) is 2.75. The number of piperidine rings is 1. The van der Waals surface area contributed by atoms with Gasteiger partial charge in [-0.15, -0.1) is 0 Å². The van der Waals surface area contributed by atoms with Crippen LogP contribution in [0.4, 0.5) is 0 Å². The van der Waals surface area contributed by atoms with Crippen molar-refractivity contribution in [3.63, 3.8) is 0 Å². The average molecular weight is 222 g/mol. The van der Waals surface area contributed by atoms with Gasteiger partial charge in [-0.3, -0.25) is 0 Å². The predicted molar refractivity (Wildman–Crippen MR) is 68.5 cm³/mol. The lowest BCUT2D eigenvalue weighted by Crippen LogP contribution is -2.56. The minimum atomic E-state index is 0.139. The van der Waals surface area contributed by atoms with E-state index in [1.54, 1.807) is 0 Å². The summed E-state index contributed by atoms with van der Waals surface area (Å²) in [4.78, 5) is 3.47. The molecule has 0 aromatic heterocycles. The number of rotatable bonds is 0. The van der Waals surface area contributed by atoms with Crippen LogP contribution in [0.25, 0.3) is 0 Å². The van der Waals surface area contributed by atoms with E-state index in [-0.39, 0.29) is 5.44 Å². The highest BCUT2D eigenvalue weighted by Gasteiger charge is 2.70. The van der Waals surface area contributed by atoms with Gasteiger partial charge in [-0.05, 0) is 35.9 Å². The molecule has 3 aliphatic rings. The van der Waals surface area contributed by atoms with E-state index in [1.807, 2.05) is 0 Å². The molecule has 0 aromatic carbocycles. The molecule has 2 nitrogen and oxygen atoms in total. The quantitative estimate of drug-likeness (QED) is 0.491. The van der Waals surface area contributed by atoms with Gasteiger partial charge in [0.25, 0.3) is 0 Å². The first-order chi connectivity index (χ1) is 6.98. The van der Waals surface area contributed by atoms with E-state index in [0.717, 1.165) is 11.4 Å². The topological polar surface area (TPSA) is 29.3 Å². The fraction of sp³-hybridized carbons (Fsp3) is 0.909. The van der Waals surface area contributed by atoms with Crippen LogP contribution in [0.1, 0.15) is 32.6 Å². The molecule has 2 aliphatic heterocycles. The Morgan fingerprint density at radius 1 is 1.53 bits per heavy atom. The molecule has 3 rings (SSSR count). The van der Waals surface area contributed by atoms with Gasteiger partial charge in [-0.1, -0.05) is 25.6 Å². The first kappa shape index (κ1) is 10.1. The van der Waals surface area contributed by atoms with E-state index in [1.165, 1.54) is 26.5 Å². The monoisotopic (exact) mass is 222 g/mol. The van der Waals surface area contributed by atoms with Crippen molar-refractivity contribution in [2.24, 2.45) is 11.7 Å². The van der Waals surface area contributed by atoms with Crippen molar-refractivity contribution in [2.75, 3.05) is 7.05 Å². The Labute approximate surface area is 97.8 Å². The van der Waals surface area contributed by atoms with Gasteiger partial charge in [0.15, 0.2) is 7.28 Å². The number of hydrogen-bond acceptors (Lipinski definition) is 2. The maximum absolute atomic E-state index is 6.58. The van der Waals surface area contributed by atoms with Crippen LogP contribution in [0.3, 0.4) is 0 Å². The molecule has 0 aromatic rings. The second kappa shape index (κ2) is 2.78. The van der Waals surface area contributed by atoms with E-state index < -0.39 is 0 Å². The van der Waals surface area contributed by atoms with Crippen molar-refractivity contribution < 1.29 is 0 Å². The van der Waals surface area contributed by atoms with E-state index in [2.05, 4.69) is 18.9 Å². The van der Waals surface area contributed by atoms with E-state index >= 15 is 0 Å². The molecule has 4 unspecified atom stereocenters. The second-order valence-electron chi connectivity index (χ2n) is 6.03. The van der Waals surface area contributed by atoms with Gasteiger partial charge >= 0.3 is 0 Å². The van der Waals surface area contributed by atoms with Gasteiger partial charge in [0.2, 0.25) is 0 Å². The van der Waals surface area contributed by atoms with Crippen molar-refractivity contribution >= 4 is 24.5 Å². The third-order valence-electron chi connectivity index (χ3n) is 5.36. The summed E-state index contributed by atoms with van der Waals surface area (Å²) in [6.07, 6.45) is 4.87. The van der Waals surface area contributed by atoms with Gasteiger partial charge in [-0.2, -0.15) is 0 Å². The lowest BCUT2D eigenvalue weighted by molar-refractivity contribution is 0.128. The zero-order valence-corrected chi connectivity index (χ0v) is 10.4. The lowest BCUT2D eigenvalue weighted by Gasteiger charge is -2.49. The Bertz CT molecular complexity index is 335. The fourth-order valence-electron chi connectivity index (χ4n) is 4.07. The maximum Gasteiger partial charge on any atom is 0.154 e. The Morgan fingerprint density at radius 2 is 2.27 bits per heavy atom. The SMILES string of the molecule is CN1C(=S)CCC2C1CCC1(C)BC21N. The Hall–Kier alpha value is -0.0851. The van der Waals surface area contributed by atoms with Gasteiger partial charge in [0, 0.05) is 13.1 Å². The number of likely N-dealkylation sites (tertiary alicyclic amines) is 1. The highest BCUT2D eigenvalue weighted by atomic mass is 32.1. The van der Waals surface area contributed by atoms with Gasteiger partial charge in [0.1, 0.15) is 0 Å². The molecule has 2 N–H and O–H groups in total. The molecule has 1 saturated carbocycles. The third kappa shape index (κ3) is 1.12. The van der Waals surface area contributed by atoms with Gasteiger partial charge in [-0.25, -0.2) is 0 Å². The molecular weight excluding hydrogens is 203 g/mol. The minimum absolute atomic E-state index is 0.139. The summed E-state index contributed by atoms with van der Waals surface area (Å²) in [5, 5.41) is 0.452. The molecule has 15 heavy (non-hydrogen) atoms. The number of fused-ring (bicyclic) bond motifs is 3. The van der Waals surface area contributed by atoms with Crippen LogP contribution in [0.2, 0.25) is 5.31 Å². The lowest BCUT2D eigenvalue weighted by atomic mass is 9.70. The minimum Gasteiger partial charge on any atom is -0.366 e. The second-order valence-corrected chi connectivity index (χ2v) is 6.50. The molecule has 2 saturated heterocycles. The summed E-state index contributed by atoms with van der Waals surface area (Å²) < 4.78 is 0. The molecule has 82 valence electrons. The Balaban J connectivity index is 1.90. The number of nitrogens with zero attached hydrogens (tertiary/aromatic N) is 1. The van der Waals surface area contributed by atoms with Crippen LogP contribution in [-0.4, -0.2) is 35.7 Å². The van der Waals surface area contributed by atoms with Crippen LogP contribution in [0, 0.1) is 5.92 Å². The number of nitrogens with two attached hydrogens (primary N) is 1. The summed E-state index contributed by atoms with van der Waals surface area (Å²) >= 11 is 5.40. The molecule has 4 heteroatoms. The summed E-state index contributed by atoms with van der Waals surface area (Å²) in [7, 11) is 3.40. The van der Waals surface area contributed by atoms with Crippen molar-refractivity contribution in [2.45, 2.75) is 49.4 Å². The van der Waals surface area contributed by atoms with Crippen LogP contribution in [0.15, 0.2) is 0 Å². The molecule has 1 aliphatic carbocycles. The summed E-state index contributed by atoms with van der Waals surface area (Å²) in [6, 6.07) is 0.631. The zero-order chi connectivity index (χ0) is 10.8. The fourth-order valence-corrected chi connectivity index (χ4v) is 4.32.